The van der Waals surface area contributed by atoms with Crippen LogP contribution in [0.15, 0.2) is 32.2 Å². The zero-order valence-electron chi connectivity index (χ0n) is 17.4. The van der Waals surface area contributed by atoms with E-state index in [0.717, 1.165) is 16.2 Å². The standard InChI is InChI=1S/C17H17N9O5S4/c18-7-1-8(23-16(19)22-7)35-4-34-6-3-32-14-10(13(28)26(14)11(6)15(29)30)24-12(27)9(25-31)5-2-33-17(20)21-5/h1-2,10,14,31H,3-4H2,(H2,20,21)(H,24,27)(H,29,30)(H4,18,19,22,23). The number of carbonyl (C=O) groups excluding carboxylic acids is 2. The molecule has 2 aromatic rings. The monoisotopic (exact) mass is 555 g/mol. The molecule has 35 heavy (non-hydrogen) atoms. The quantitative estimate of drug-likeness (QED) is 0.0480. The van der Waals surface area contributed by atoms with Crippen molar-refractivity contribution in [3.63, 3.8) is 0 Å². The molecule has 1 saturated heterocycles. The molecule has 0 saturated carbocycles. The van der Waals surface area contributed by atoms with Crippen LogP contribution in [0.25, 0.3) is 0 Å². The first-order chi connectivity index (χ1) is 16.7. The number of carbonyl (C=O) groups is 3. The van der Waals surface area contributed by atoms with Gasteiger partial charge in [0.25, 0.3) is 11.8 Å². The van der Waals surface area contributed by atoms with E-state index in [9.17, 15) is 24.7 Å². The number of oxime groups is 1. The van der Waals surface area contributed by atoms with Gasteiger partial charge in [0.05, 0.1) is 0 Å². The molecular formula is C17H17N9O5S4. The van der Waals surface area contributed by atoms with Crippen molar-refractivity contribution in [1.82, 2.24) is 25.2 Å². The largest absolute Gasteiger partial charge is 0.477 e. The van der Waals surface area contributed by atoms with Gasteiger partial charge >= 0.3 is 5.97 Å². The van der Waals surface area contributed by atoms with E-state index in [1.807, 2.05) is 0 Å². The fraction of sp³-hybridized carbons (Fsp3) is 0.235. The summed E-state index contributed by atoms with van der Waals surface area (Å²) < 4.78 is 0. The van der Waals surface area contributed by atoms with Crippen LogP contribution in [0.3, 0.4) is 0 Å². The van der Waals surface area contributed by atoms with Gasteiger partial charge < -0.3 is 32.8 Å². The lowest BCUT2D eigenvalue weighted by atomic mass is 10.0. The van der Waals surface area contributed by atoms with Crippen molar-refractivity contribution < 1.29 is 24.7 Å². The molecule has 184 valence electrons. The number of hydrogen-bond acceptors (Lipinski definition) is 15. The number of rotatable bonds is 8. The molecule has 0 aromatic carbocycles. The van der Waals surface area contributed by atoms with E-state index in [1.165, 1.54) is 40.7 Å². The third-order valence-corrected chi connectivity index (χ3v) is 8.95. The van der Waals surface area contributed by atoms with Crippen molar-refractivity contribution in [1.29, 1.82) is 0 Å². The number of carboxylic acid groups (broad SMARTS) is 1. The summed E-state index contributed by atoms with van der Waals surface area (Å²) in [5, 5.41) is 26.4. The number of nitrogens with two attached hydrogens (primary N) is 3. The molecule has 0 aliphatic carbocycles. The van der Waals surface area contributed by atoms with Gasteiger partial charge in [0.2, 0.25) is 5.95 Å². The van der Waals surface area contributed by atoms with Gasteiger partial charge in [-0.2, -0.15) is 4.98 Å². The Morgan fingerprint density at radius 2 is 2.03 bits per heavy atom. The highest BCUT2D eigenvalue weighted by molar-refractivity contribution is 8.18. The van der Waals surface area contributed by atoms with Crippen molar-refractivity contribution in [2.45, 2.75) is 16.4 Å². The number of nitrogen functional groups attached to an aromatic ring is 3. The van der Waals surface area contributed by atoms with Gasteiger partial charge in [0, 0.05) is 27.2 Å². The third kappa shape index (κ3) is 5.09. The number of thioether (sulfide) groups is 3. The van der Waals surface area contributed by atoms with Crippen LogP contribution in [0.5, 0.6) is 0 Å². The molecule has 0 spiro atoms. The minimum atomic E-state index is -1.26. The number of β-lactam (4-membered cyclic amide) rings is 1. The van der Waals surface area contributed by atoms with Crippen molar-refractivity contribution >= 4 is 87.0 Å². The van der Waals surface area contributed by atoms with E-state index >= 15 is 0 Å². The molecule has 0 bridgehead atoms. The van der Waals surface area contributed by atoms with Crippen LogP contribution < -0.4 is 22.5 Å². The molecule has 4 rings (SSSR count). The summed E-state index contributed by atoms with van der Waals surface area (Å²) >= 11 is 4.90. The van der Waals surface area contributed by atoms with E-state index in [1.54, 1.807) is 6.07 Å². The van der Waals surface area contributed by atoms with Crippen LogP contribution in [0.2, 0.25) is 0 Å². The van der Waals surface area contributed by atoms with Crippen LogP contribution in [0, 0.1) is 0 Å². The second kappa shape index (κ2) is 10.2. The molecule has 2 atom stereocenters. The van der Waals surface area contributed by atoms with Crippen LogP contribution in [-0.4, -0.2) is 75.9 Å². The molecular weight excluding hydrogens is 539 g/mol. The van der Waals surface area contributed by atoms with Gasteiger partial charge in [-0.3, -0.25) is 14.5 Å². The Morgan fingerprint density at radius 1 is 1.26 bits per heavy atom. The molecule has 14 nitrogen and oxygen atoms in total. The van der Waals surface area contributed by atoms with E-state index < -0.39 is 34.9 Å². The minimum absolute atomic E-state index is 0.0333. The summed E-state index contributed by atoms with van der Waals surface area (Å²) in [6, 6.07) is 0.554. The zero-order valence-corrected chi connectivity index (χ0v) is 20.7. The molecule has 18 heteroatoms. The Bertz CT molecular complexity index is 1250. The van der Waals surface area contributed by atoms with Gasteiger partial charge in [-0.05, 0) is 0 Å². The number of hydrogen-bond donors (Lipinski definition) is 6. The van der Waals surface area contributed by atoms with Crippen molar-refractivity contribution in [3.8, 4) is 0 Å². The first-order valence-electron chi connectivity index (χ1n) is 9.50. The predicted octanol–water partition coefficient (Wildman–Crippen LogP) is 0.0371. The summed E-state index contributed by atoms with van der Waals surface area (Å²) in [7, 11) is 0. The molecule has 2 aromatic heterocycles. The molecule has 9 N–H and O–H groups in total. The SMILES string of the molecule is Nc1cc(SCSC2=C(C(=O)O)N3C(=O)C(NC(=O)C(=NO)c4csc(N)n4)C3SC2)nc(N)n1. The molecule has 2 aliphatic rings. The smallest absolute Gasteiger partial charge is 0.353 e. The normalized spacial score (nSPS) is 19.8. The Labute approximate surface area is 213 Å². The number of carboxylic acids is 1. The molecule has 2 amide bonds. The molecule has 2 unspecified atom stereocenters. The van der Waals surface area contributed by atoms with Crippen LogP contribution in [-0.2, 0) is 14.4 Å². The maximum Gasteiger partial charge on any atom is 0.353 e. The second-order valence-electron chi connectivity index (χ2n) is 6.85. The fourth-order valence-corrected chi connectivity index (χ4v) is 7.47. The Balaban J connectivity index is 1.44. The average molecular weight is 556 g/mol. The van der Waals surface area contributed by atoms with Gasteiger partial charge in [0.15, 0.2) is 10.8 Å². The number of aromatic nitrogens is 3. The molecule has 4 heterocycles. The first-order valence-corrected chi connectivity index (χ1v) is 13.4. The molecule has 1 fully saturated rings. The highest BCUT2D eigenvalue weighted by atomic mass is 32.2. The van der Waals surface area contributed by atoms with E-state index in [2.05, 4.69) is 25.4 Å². The number of aliphatic carboxylic acids is 1. The summed E-state index contributed by atoms with van der Waals surface area (Å²) in [6.45, 7) is 0. The van der Waals surface area contributed by atoms with Gasteiger partial charge in [0.1, 0.15) is 33.7 Å². The van der Waals surface area contributed by atoms with E-state index in [-0.39, 0.29) is 28.3 Å². The number of fused-ring (bicyclic) bond motifs is 1. The lowest BCUT2D eigenvalue weighted by molar-refractivity contribution is -0.150. The average Bonchev–Trinajstić information content (AvgIpc) is 3.22. The lowest BCUT2D eigenvalue weighted by Crippen LogP contribution is -2.71. The highest BCUT2D eigenvalue weighted by Crippen LogP contribution is 2.44. The fourth-order valence-electron chi connectivity index (χ4n) is 3.22. The van der Waals surface area contributed by atoms with E-state index in [0.29, 0.717) is 20.8 Å². The van der Waals surface area contributed by atoms with Crippen molar-refractivity contribution in [2.75, 3.05) is 28.0 Å². The Morgan fingerprint density at radius 3 is 2.66 bits per heavy atom. The van der Waals surface area contributed by atoms with Crippen LogP contribution in [0.4, 0.5) is 16.9 Å². The lowest BCUT2D eigenvalue weighted by Gasteiger charge is -2.49. The second-order valence-corrected chi connectivity index (χ2v) is 11.3. The Hall–Kier alpha value is -3.22. The zero-order chi connectivity index (χ0) is 25.3. The van der Waals surface area contributed by atoms with Gasteiger partial charge in [-0.1, -0.05) is 16.9 Å². The molecule has 2 aliphatic heterocycles. The maximum atomic E-state index is 12.8. The summed E-state index contributed by atoms with van der Waals surface area (Å²) in [6.07, 6.45) is 0. The highest BCUT2D eigenvalue weighted by Gasteiger charge is 2.54. The summed E-state index contributed by atoms with van der Waals surface area (Å²) in [5.74, 6) is -2.12. The minimum Gasteiger partial charge on any atom is -0.477 e. The first kappa shape index (κ1) is 24.9. The topological polar surface area (TPSA) is 236 Å². The summed E-state index contributed by atoms with van der Waals surface area (Å²) in [4.78, 5) is 50.8. The molecule has 0 radical (unpaired) electrons. The van der Waals surface area contributed by atoms with Crippen LogP contribution in [0.1, 0.15) is 5.69 Å². The number of nitrogens with zero attached hydrogens (tertiary/aromatic N) is 5. The number of thiazole rings is 1. The third-order valence-electron chi connectivity index (χ3n) is 4.68. The number of nitrogens with one attached hydrogen (secondary N) is 1. The van der Waals surface area contributed by atoms with Gasteiger partial charge in [-0.25, -0.2) is 14.8 Å². The number of amides is 2. The summed E-state index contributed by atoms with van der Waals surface area (Å²) in [5.41, 5.74) is 16.3. The van der Waals surface area contributed by atoms with Crippen molar-refractivity contribution in [2.24, 2.45) is 5.16 Å². The van der Waals surface area contributed by atoms with E-state index in [4.69, 9.17) is 17.2 Å². The predicted molar refractivity (Wildman–Crippen MR) is 134 cm³/mol. The maximum absolute atomic E-state index is 12.8. The van der Waals surface area contributed by atoms with Crippen molar-refractivity contribution in [3.05, 3.63) is 27.7 Å². The van der Waals surface area contributed by atoms with Gasteiger partial charge in [-0.15, -0.1) is 34.9 Å². The van der Waals surface area contributed by atoms with Crippen LogP contribution >= 0.6 is 46.6 Å². The number of anilines is 3. The Kier molecular flexibility index (Phi) is 7.24.